The van der Waals surface area contributed by atoms with Crippen LogP contribution in [0.15, 0.2) is 24.3 Å². The Labute approximate surface area is 111 Å². The van der Waals surface area contributed by atoms with Crippen LogP contribution in [-0.2, 0) is 11.2 Å². The van der Waals surface area contributed by atoms with Crippen molar-refractivity contribution in [3.63, 3.8) is 0 Å². The van der Waals surface area contributed by atoms with Crippen LogP contribution < -0.4 is 10.6 Å². The fraction of sp³-hybridized carbons (Fsp3) is 0.214. The zero-order valence-corrected chi connectivity index (χ0v) is 10.8. The number of nitrogens with two attached hydrogens (primary N) is 1. The van der Waals surface area contributed by atoms with E-state index in [1.54, 1.807) is 18.0 Å². The fourth-order valence-corrected chi connectivity index (χ4v) is 2.37. The van der Waals surface area contributed by atoms with Crippen molar-refractivity contribution in [2.75, 3.05) is 17.7 Å². The van der Waals surface area contributed by atoms with Gasteiger partial charge in [-0.15, -0.1) is 0 Å². The number of likely N-dealkylation sites (N-methyl/N-ethyl adjacent to an activating group) is 1. The van der Waals surface area contributed by atoms with Crippen LogP contribution in [-0.4, -0.2) is 22.9 Å². The predicted molar refractivity (Wildman–Crippen MR) is 73.7 cm³/mol. The Morgan fingerprint density at radius 1 is 1.26 bits per heavy atom. The summed E-state index contributed by atoms with van der Waals surface area (Å²) < 4.78 is 0. The Bertz CT molecular complexity index is 661. The summed E-state index contributed by atoms with van der Waals surface area (Å²) in [6.45, 7) is 1.81. The fourth-order valence-electron chi connectivity index (χ4n) is 2.37. The number of aromatic nitrogens is 2. The summed E-state index contributed by atoms with van der Waals surface area (Å²) in [7, 11) is 1.79. The Morgan fingerprint density at radius 3 is 2.79 bits per heavy atom. The number of hydrogen-bond acceptors (Lipinski definition) is 4. The topological polar surface area (TPSA) is 72.1 Å². The predicted octanol–water partition coefficient (Wildman–Crippen LogP) is 1.55. The summed E-state index contributed by atoms with van der Waals surface area (Å²) in [5.41, 5.74) is 9.48. The molecule has 19 heavy (non-hydrogen) atoms. The molecule has 0 saturated carbocycles. The molecule has 1 aliphatic heterocycles. The molecule has 1 aromatic carbocycles. The molecule has 0 spiro atoms. The van der Waals surface area contributed by atoms with Gasteiger partial charge in [0.2, 0.25) is 5.91 Å². The van der Waals surface area contributed by atoms with E-state index in [0.29, 0.717) is 18.1 Å². The first kappa shape index (κ1) is 11.6. The van der Waals surface area contributed by atoms with Crippen molar-refractivity contribution in [1.29, 1.82) is 0 Å². The van der Waals surface area contributed by atoms with E-state index in [1.165, 1.54) is 0 Å². The quantitative estimate of drug-likeness (QED) is 0.838. The van der Waals surface area contributed by atoms with E-state index in [0.717, 1.165) is 22.5 Å². The van der Waals surface area contributed by atoms with Crippen LogP contribution in [0.2, 0.25) is 0 Å². The molecule has 0 radical (unpaired) electrons. The van der Waals surface area contributed by atoms with Crippen molar-refractivity contribution in [3.05, 3.63) is 35.7 Å². The maximum atomic E-state index is 11.7. The van der Waals surface area contributed by atoms with Gasteiger partial charge in [0.05, 0.1) is 12.1 Å². The Kier molecular flexibility index (Phi) is 2.48. The number of rotatable bonds is 1. The van der Waals surface area contributed by atoms with Gasteiger partial charge in [-0.2, -0.15) is 0 Å². The van der Waals surface area contributed by atoms with Crippen LogP contribution in [0.25, 0.3) is 11.3 Å². The molecule has 2 heterocycles. The first-order valence-corrected chi connectivity index (χ1v) is 6.05. The first-order chi connectivity index (χ1) is 9.04. The van der Waals surface area contributed by atoms with Crippen LogP contribution >= 0.6 is 0 Å². The molecule has 96 valence electrons. The maximum Gasteiger partial charge on any atom is 0.231 e. The van der Waals surface area contributed by atoms with Crippen molar-refractivity contribution in [2.45, 2.75) is 13.3 Å². The van der Waals surface area contributed by atoms with Gasteiger partial charge in [-0.1, -0.05) is 6.07 Å². The molecule has 0 fully saturated rings. The average molecular weight is 254 g/mol. The van der Waals surface area contributed by atoms with Crippen molar-refractivity contribution < 1.29 is 4.79 Å². The highest BCUT2D eigenvalue weighted by Crippen LogP contribution is 2.31. The standard InChI is InChI=1S/C14H14N4O/c1-8-16-11(7-13(15)17-8)9-3-4-12-10(5-9)6-14(19)18(12)2/h3-5,7H,6H2,1-2H3,(H2,15,16,17). The van der Waals surface area contributed by atoms with Gasteiger partial charge in [0.25, 0.3) is 0 Å². The van der Waals surface area contributed by atoms with Crippen LogP contribution in [0, 0.1) is 6.92 Å². The Hall–Kier alpha value is -2.43. The van der Waals surface area contributed by atoms with Crippen LogP contribution in [0.1, 0.15) is 11.4 Å². The minimum Gasteiger partial charge on any atom is -0.384 e. The molecule has 1 aliphatic rings. The van der Waals surface area contributed by atoms with E-state index < -0.39 is 0 Å². The number of benzene rings is 1. The highest BCUT2D eigenvalue weighted by Gasteiger charge is 2.24. The Morgan fingerprint density at radius 2 is 2.05 bits per heavy atom. The summed E-state index contributed by atoms with van der Waals surface area (Å²) in [5, 5.41) is 0. The van der Waals surface area contributed by atoms with Gasteiger partial charge in [-0.05, 0) is 24.6 Å². The monoisotopic (exact) mass is 254 g/mol. The third-order valence-corrected chi connectivity index (χ3v) is 3.31. The second-order valence-corrected chi connectivity index (χ2v) is 4.70. The molecule has 0 bridgehead atoms. The van der Waals surface area contributed by atoms with Gasteiger partial charge >= 0.3 is 0 Å². The number of nitrogen functional groups attached to an aromatic ring is 1. The molecule has 5 heteroatoms. The van der Waals surface area contributed by atoms with Gasteiger partial charge in [0, 0.05) is 24.4 Å². The van der Waals surface area contributed by atoms with E-state index in [9.17, 15) is 4.79 Å². The zero-order chi connectivity index (χ0) is 13.6. The van der Waals surface area contributed by atoms with E-state index >= 15 is 0 Å². The van der Waals surface area contributed by atoms with E-state index in [2.05, 4.69) is 9.97 Å². The normalized spacial score (nSPS) is 13.8. The highest BCUT2D eigenvalue weighted by molar-refractivity contribution is 6.01. The number of nitrogens with zero attached hydrogens (tertiary/aromatic N) is 3. The van der Waals surface area contributed by atoms with Gasteiger partial charge in [-0.3, -0.25) is 4.79 Å². The Balaban J connectivity index is 2.08. The number of carbonyl (C=O) groups excluding carboxylic acids is 1. The van der Waals surface area contributed by atoms with E-state index in [1.807, 2.05) is 25.1 Å². The van der Waals surface area contributed by atoms with Crippen molar-refractivity contribution in [1.82, 2.24) is 9.97 Å². The molecule has 5 nitrogen and oxygen atoms in total. The first-order valence-electron chi connectivity index (χ1n) is 6.05. The zero-order valence-electron chi connectivity index (χ0n) is 10.8. The lowest BCUT2D eigenvalue weighted by Crippen LogP contribution is -2.20. The van der Waals surface area contributed by atoms with E-state index in [-0.39, 0.29) is 5.91 Å². The van der Waals surface area contributed by atoms with Gasteiger partial charge < -0.3 is 10.6 Å². The smallest absolute Gasteiger partial charge is 0.231 e. The number of fused-ring (bicyclic) bond motifs is 1. The van der Waals surface area contributed by atoms with Gasteiger partial charge in [0.15, 0.2) is 0 Å². The molecule has 0 aliphatic carbocycles. The summed E-state index contributed by atoms with van der Waals surface area (Å²) in [6, 6.07) is 7.64. The van der Waals surface area contributed by atoms with Crippen LogP contribution in [0.4, 0.5) is 11.5 Å². The number of aryl methyl sites for hydroxylation is 1. The molecule has 1 amide bonds. The lowest BCUT2D eigenvalue weighted by atomic mass is 10.1. The minimum absolute atomic E-state index is 0.116. The summed E-state index contributed by atoms with van der Waals surface area (Å²) in [5.74, 6) is 1.21. The second-order valence-electron chi connectivity index (χ2n) is 4.70. The van der Waals surface area contributed by atoms with Crippen molar-refractivity contribution >= 4 is 17.4 Å². The minimum atomic E-state index is 0.116. The van der Waals surface area contributed by atoms with Crippen LogP contribution in [0.5, 0.6) is 0 Å². The molecular weight excluding hydrogens is 240 g/mol. The molecule has 0 unspecified atom stereocenters. The van der Waals surface area contributed by atoms with E-state index in [4.69, 9.17) is 5.73 Å². The molecule has 2 aromatic rings. The van der Waals surface area contributed by atoms with Crippen molar-refractivity contribution in [2.24, 2.45) is 0 Å². The molecular formula is C14H14N4O. The molecule has 1 aromatic heterocycles. The largest absolute Gasteiger partial charge is 0.384 e. The molecule has 0 atom stereocenters. The molecule has 0 saturated heterocycles. The SMILES string of the molecule is Cc1nc(N)cc(-c2ccc3c(c2)CC(=O)N3C)n1. The van der Waals surface area contributed by atoms with Gasteiger partial charge in [0.1, 0.15) is 11.6 Å². The van der Waals surface area contributed by atoms with Gasteiger partial charge in [-0.25, -0.2) is 9.97 Å². The molecule has 2 N–H and O–H groups in total. The number of carbonyl (C=O) groups is 1. The number of hydrogen-bond donors (Lipinski definition) is 1. The van der Waals surface area contributed by atoms with Crippen molar-refractivity contribution in [3.8, 4) is 11.3 Å². The summed E-state index contributed by atoms with van der Waals surface area (Å²) in [4.78, 5) is 21.8. The lowest BCUT2D eigenvalue weighted by Gasteiger charge is -2.10. The van der Waals surface area contributed by atoms with Crippen LogP contribution in [0.3, 0.4) is 0 Å². The maximum absolute atomic E-state index is 11.7. The summed E-state index contributed by atoms with van der Waals surface area (Å²) >= 11 is 0. The molecule has 3 rings (SSSR count). The third-order valence-electron chi connectivity index (χ3n) is 3.31. The lowest BCUT2D eigenvalue weighted by molar-refractivity contribution is -0.117. The number of anilines is 2. The highest BCUT2D eigenvalue weighted by atomic mass is 16.2. The number of amides is 1. The summed E-state index contributed by atoms with van der Waals surface area (Å²) in [6.07, 6.45) is 0.444. The average Bonchev–Trinajstić information content (AvgIpc) is 2.63. The second kappa shape index (κ2) is 4.05. The third kappa shape index (κ3) is 1.93.